The van der Waals surface area contributed by atoms with E-state index in [4.69, 9.17) is 7.85 Å². The summed E-state index contributed by atoms with van der Waals surface area (Å²) in [4.78, 5) is 0. The van der Waals surface area contributed by atoms with Gasteiger partial charge in [0.05, 0.1) is 5.41 Å². The van der Waals surface area contributed by atoms with Crippen molar-refractivity contribution in [2.24, 2.45) is 0 Å². The standard InChI is InChI=1S/C54H43B.C2H6/c1-5-38-16-12-24-52-53(38)50-22-6-7-23-51(50)54(52,47-30-43(39-17-8-13-35(2)25-39)28-44(31-47)40-18-9-14-36(3)26-40)48-32-45(41-19-10-15-37(4)27-41)29-46(33-48)42-20-11-21-49(55)34-42;1-2/h6-34H,5H2,1-4H3;1-2H3. The van der Waals surface area contributed by atoms with Crippen LogP contribution >= 0.6 is 0 Å². The minimum absolute atomic E-state index is 0.634. The molecule has 8 aromatic rings. The third-order valence-corrected chi connectivity index (χ3v) is 11.5. The van der Waals surface area contributed by atoms with Crippen molar-refractivity contribution >= 4 is 13.3 Å². The highest BCUT2D eigenvalue weighted by Crippen LogP contribution is 2.58. The molecule has 8 aromatic carbocycles. The Labute approximate surface area is 341 Å². The Hall–Kier alpha value is -6.18. The number of benzene rings is 8. The van der Waals surface area contributed by atoms with E-state index in [1.807, 2.05) is 19.9 Å². The van der Waals surface area contributed by atoms with Crippen LogP contribution in [0.5, 0.6) is 0 Å². The Morgan fingerprint density at radius 2 is 0.825 bits per heavy atom. The minimum atomic E-state index is -0.634. The predicted molar refractivity (Wildman–Crippen MR) is 246 cm³/mol. The van der Waals surface area contributed by atoms with E-state index in [0.29, 0.717) is 0 Å². The average Bonchev–Trinajstić information content (AvgIpc) is 3.55. The molecule has 1 unspecified atom stereocenters. The third-order valence-electron chi connectivity index (χ3n) is 11.5. The Bertz CT molecular complexity index is 2480. The second kappa shape index (κ2) is 15.8. The SMILES string of the molecule is CC.[B]c1cccc(-c2cc(-c3cccc(C)c3)cc(C3(c4cc(-c5cccc(C)c5)cc(-c5cccc(C)c5)c4)c4ccccc4-c4c(CC)cccc43)c2)c1. The quantitative estimate of drug-likeness (QED) is 0.143. The van der Waals surface area contributed by atoms with Crippen LogP contribution in [0.1, 0.15) is 65.3 Å². The summed E-state index contributed by atoms with van der Waals surface area (Å²) < 4.78 is 0. The molecule has 57 heavy (non-hydrogen) atoms. The van der Waals surface area contributed by atoms with Gasteiger partial charge in [0, 0.05) is 0 Å². The monoisotopic (exact) mass is 732 g/mol. The summed E-state index contributed by atoms with van der Waals surface area (Å²) >= 11 is 0. The molecule has 9 rings (SSSR count). The van der Waals surface area contributed by atoms with Crippen molar-refractivity contribution in [2.45, 2.75) is 53.4 Å². The fourth-order valence-corrected chi connectivity index (χ4v) is 9.03. The van der Waals surface area contributed by atoms with Gasteiger partial charge in [0.2, 0.25) is 0 Å². The van der Waals surface area contributed by atoms with Gasteiger partial charge in [-0.2, -0.15) is 0 Å². The molecule has 0 aromatic heterocycles. The fraction of sp³-hybridized carbons (Fsp3) is 0.143. The van der Waals surface area contributed by atoms with Crippen molar-refractivity contribution in [3.05, 3.63) is 220 Å². The van der Waals surface area contributed by atoms with Crippen molar-refractivity contribution in [1.82, 2.24) is 0 Å². The van der Waals surface area contributed by atoms with Gasteiger partial charge in [-0.25, -0.2) is 0 Å². The molecule has 0 bridgehead atoms. The van der Waals surface area contributed by atoms with Crippen LogP contribution in [0, 0.1) is 20.8 Å². The number of hydrogen-bond acceptors (Lipinski definition) is 0. The molecule has 0 fully saturated rings. The lowest BCUT2D eigenvalue weighted by atomic mass is 9.66. The lowest BCUT2D eigenvalue weighted by Crippen LogP contribution is -2.29. The number of fused-ring (bicyclic) bond motifs is 3. The van der Waals surface area contributed by atoms with Crippen molar-refractivity contribution in [3.8, 4) is 55.6 Å². The van der Waals surface area contributed by atoms with E-state index in [0.717, 1.165) is 23.0 Å². The summed E-state index contributed by atoms with van der Waals surface area (Å²) in [5.41, 5.74) is 22.5. The largest absolute Gasteiger partial charge is 0.113 e. The third kappa shape index (κ3) is 6.87. The second-order valence-electron chi connectivity index (χ2n) is 15.3. The van der Waals surface area contributed by atoms with Crippen LogP contribution in [0.4, 0.5) is 0 Å². The zero-order chi connectivity index (χ0) is 39.7. The lowest BCUT2D eigenvalue weighted by molar-refractivity contribution is 0.769. The van der Waals surface area contributed by atoms with Crippen molar-refractivity contribution < 1.29 is 0 Å². The maximum absolute atomic E-state index is 6.47. The molecule has 0 saturated heterocycles. The summed E-state index contributed by atoms with van der Waals surface area (Å²) in [5, 5.41) is 0. The zero-order valence-corrected chi connectivity index (χ0v) is 34.0. The molecule has 0 amide bonds. The smallest absolute Gasteiger partial charge is 0.0961 e. The first-order valence-electron chi connectivity index (χ1n) is 20.4. The maximum Gasteiger partial charge on any atom is 0.113 e. The molecule has 2 radical (unpaired) electrons. The first-order chi connectivity index (χ1) is 27.8. The van der Waals surface area contributed by atoms with Gasteiger partial charge in [-0.05, 0) is 147 Å². The van der Waals surface area contributed by atoms with Gasteiger partial charge >= 0.3 is 0 Å². The summed E-state index contributed by atoms with van der Waals surface area (Å²) in [5.74, 6) is 0. The van der Waals surface area contributed by atoms with Crippen molar-refractivity contribution in [3.63, 3.8) is 0 Å². The molecular formula is C56H49B. The van der Waals surface area contributed by atoms with E-state index in [9.17, 15) is 0 Å². The van der Waals surface area contributed by atoms with Crippen LogP contribution in [0.2, 0.25) is 0 Å². The Morgan fingerprint density at radius 1 is 0.404 bits per heavy atom. The van der Waals surface area contributed by atoms with Gasteiger partial charge < -0.3 is 0 Å². The highest BCUT2D eigenvalue weighted by Gasteiger charge is 2.47. The van der Waals surface area contributed by atoms with Crippen LogP contribution in [0.15, 0.2) is 176 Å². The van der Waals surface area contributed by atoms with E-state index in [1.165, 1.54) is 89.0 Å². The molecule has 0 saturated carbocycles. The van der Waals surface area contributed by atoms with Gasteiger partial charge in [-0.1, -0.05) is 182 Å². The molecule has 0 N–H and O–H groups in total. The molecule has 1 aliphatic rings. The zero-order valence-electron chi connectivity index (χ0n) is 34.0. The summed E-state index contributed by atoms with van der Waals surface area (Å²) in [6.45, 7) is 12.8. The topological polar surface area (TPSA) is 0 Å². The molecule has 0 aliphatic heterocycles. The molecule has 1 aliphatic carbocycles. The molecule has 0 nitrogen and oxygen atoms in total. The van der Waals surface area contributed by atoms with Crippen LogP contribution in [-0.4, -0.2) is 7.85 Å². The van der Waals surface area contributed by atoms with E-state index in [2.05, 4.69) is 198 Å². The van der Waals surface area contributed by atoms with E-state index < -0.39 is 5.41 Å². The highest BCUT2D eigenvalue weighted by atomic mass is 14.5. The minimum Gasteiger partial charge on any atom is -0.0961 e. The van der Waals surface area contributed by atoms with Crippen LogP contribution in [0.25, 0.3) is 55.6 Å². The average molecular weight is 733 g/mol. The summed E-state index contributed by atoms with van der Waals surface area (Å²) in [6, 6.07) is 65.7. The molecule has 0 heterocycles. The van der Waals surface area contributed by atoms with Gasteiger partial charge in [-0.15, -0.1) is 0 Å². The van der Waals surface area contributed by atoms with Gasteiger partial charge in [0.1, 0.15) is 7.85 Å². The van der Waals surface area contributed by atoms with Gasteiger partial charge in [-0.3, -0.25) is 0 Å². The van der Waals surface area contributed by atoms with Crippen LogP contribution < -0.4 is 5.46 Å². The number of hydrogen-bond donors (Lipinski definition) is 0. The van der Waals surface area contributed by atoms with Crippen molar-refractivity contribution in [1.29, 1.82) is 0 Å². The predicted octanol–water partition coefficient (Wildman–Crippen LogP) is 14.0. The Kier molecular flexibility index (Phi) is 10.4. The molecule has 1 atom stereocenters. The number of aryl methyl sites for hydroxylation is 4. The van der Waals surface area contributed by atoms with Gasteiger partial charge in [0.15, 0.2) is 0 Å². The van der Waals surface area contributed by atoms with E-state index in [-0.39, 0.29) is 0 Å². The maximum atomic E-state index is 6.47. The van der Waals surface area contributed by atoms with Crippen molar-refractivity contribution in [2.75, 3.05) is 0 Å². The molecule has 1 heteroatoms. The number of rotatable bonds is 7. The fourth-order valence-electron chi connectivity index (χ4n) is 9.03. The summed E-state index contributed by atoms with van der Waals surface area (Å²) in [6.07, 6.45) is 0.948. The van der Waals surface area contributed by atoms with Gasteiger partial charge in [0.25, 0.3) is 0 Å². The molecule has 0 spiro atoms. The van der Waals surface area contributed by atoms with Crippen LogP contribution in [0.3, 0.4) is 0 Å². The highest BCUT2D eigenvalue weighted by molar-refractivity contribution is 6.32. The summed E-state index contributed by atoms with van der Waals surface area (Å²) in [7, 11) is 6.47. The Balaban J connectivity index is 0.00000224. The molecular weight excluding hydrogens is 683 g/mol. The van der Waals surface area contributed by atoms with Crippen LogP contribution in [-0.2, 0) is 11.8 Å². The first-order valence-corrected chi connectivity index (χ1v) is 20.4. The lowest BCUT2D eigenvalue weighted by Gasteiger charge is -2.35. The Morgan fingerprint density at radius 3 is 1.28 bits per heavy atom. The first kappa shape index (κ1) is 37.7. The second-order valence-corrected chi connectivity index (χ2v) is 15.3. The van der Waals surface area contributed by atoms with E-state index >= 15 is 0 Å². The van der Waals surface area contributed by atoms with E-state index in [1.54, 1.807) is 0 Å². The normalized spacial score (nSPS) is 14.0. The molecule has 276 valence electrons.